The van der Waals surface area contributed by atoms with E-state index in [2.05, 4.69) is 10.9 Å². The summed E-state index contributed by atoms with van der Waals surface area (Å²) in [5, 5.41) is 0. The summed E-state index contributed by atoms with van der Waals surface area (Å²) in [5.41, 5.74) is -0.533. The second kappa shape index (κ2) is 8.74. The van der Waals surface area contributed by atoms with Crippen molar-refractivity contribution in [3.63, 3.8) is 0 Å². The van der Waals surface area contributed by atoms with E-state index in [0.29, 0.717) is 6.42 Å². The number of aromatic nitrogens is 2. The number of ether oxygens (including phenoxy) is 3. The first kappa shape index (κ1) is 21.0. The normalized spacial score (nSPS) is 26.0. The van der Waals surface area contributed by atoms with E-state index in [4.69, 9.17) is 32.9 Å². The fourth-order valence-electron chi connectivity index (χ4n) is 3.41. The molecule has 4 atom stereocenters. The quantitative estimate of drug-likeness (QED) is 0.445. The van der Waals surface area contributed by atoms with Gasteiger partial charge in [0.2, 0.25) is 0 Å². The number of aromatic amines is 1. The molecule has 0 aliphatic carbocycles. The van der Waals surface area contributed by atoms with E-state index < -0.39 is 30.0 Å². The Kier molecular flexibility index (Phi) is 6.33. The van der Waals surface area contributed by atoms with Gasteiger partial charge in [0.25, 0.3) is 5.56 Å². The molecule has 8 heteroatoms. The zero-order chi connectivity index (χ0) is 21.0. The van der Waals surface area contributed by atoms with Gasteiger partial charge in [0.1, 0.15) is 6.10 Å². The standard InChI is InChI=1S/C21H22N2O5S/c1-4-21(5-2)18(26-13-15-9-7-6-8-10-15)17(27-14(3)24)19(28-21)23-12-11-16(25)22-20(23)29/h1,6-12,17-19H,5,13H2,2-3H3,(H,22,25,29)/t17-,18?,19+,21+/m0/s1. The van der Waals surface area contributed by atoms with Crippen molar-refractivity contribution in [1.29, 1.82) is 0 Å². The largest absolute Gasteiger partial charge is 0.455 e. The van der Waals surface area contributed by atoms with Crippen LogP contribution in [-0.2, 0) is 25.6 Å². The molecule has 1 N–H and O–H groups in total. The van der Waals surface area contributed by atoms with Crippen LogP contribution in [0.5, 0.6) is 0 Å². The van der Waals surface area contributed by atoms with Gasteiger partial charge in [-0.15, -0.1) is 6.42 Å². The van der Waals surface area contributed by atoms with Crippen LogP contribution in [0.15, 0.2) is 47.4 Å². The average Bonchev–Trinajstić information content (AvgIpc) is 3.00. The maximum absolute atomic E-state index is 11.8. The van der Waals surface area contributed by atoms with E-state index in [1.807, 2.05) is 37.3 Å². The van der Waals surface area contributed by atoms with Crippen LogP contribution in [0.3, 0.4) is 0 Å². The molecule has 0 saturated carbocycles. The van der Waals surface area contributed by atoms with E-state index in [-0.39, 0.29) is 16.9 Å². The molecule has 2 aromatic rings. The summed E-state index contributed by atoms with van der Waals surface area (Å²) >= 11 is 5.26. The summed E-state index contributed by atoms with van der Waals surface area (Å²) in [6.07, 6.45) is 5.32. The third-order valence-corrected chi connectivity index (χ3v) is 5.15. The first-order chi connectivity index (χ1) is 13.9. The fourth-order valence-corrected chi connectivity index (χ4v) is 3.68. The third-order valence-electron chi connectivity index (χ3n) is 4.84. The Morgan fingerprint density at radius 1 is 1.38 bits per heavy atom. The van der Waals surface area contributed by atoms with Crippen LogP contribution in [-0.4, -0.2) is 33.3 Å². The number of nitrogens with one attached hydrogen (secondary N) is 1. The highest BCUT2D eigenvalue weighted by Crippen LogP contribution is 2.42. The Labute approximate surface area is 173 Å². The topological polar surface area (TPSA) is 82.5 Å². The highest BCUT2D eigenvalue weighted by atomic mass is 32.1. The van der Waals surface area contributed by atoms with Crippen molar-refractivity contribution < 1.29 is 19.0 Å². The molecular weight excluding hydrogens is 392 g/mol. The van der Waals surface area contributed by atoms with Crippen molar-refractivity contribution in [2.24, 2.45) is 0 Å². The predicted molar refractivity (Wildman–Crippen MR) is 108 cm³/mol. The molecule has 0 bridgehead atoms. The van der Waals surface area contributed by atoms with Crippen LogP contribution in [0.1, 0.15) is 32.1 Å². The number of terminal acetylenes is 1. The maximum Gasteiger partial charge on any atom is 0.303 e. The second-order valence-corrected chi connectivity index (χ2v) is 7.09. The minimum atomic E-state index is -1.13. The van der Waals surface area contributed by atoms with Gasteiger partial charge in [0.05, 0.1) is 6.61 Å². The Morgan fingerprint density at radius 2 is 2.10 bits per heavy atom. The van der Waals surface area contributed by atoms with E-state index in [1.54, 1.807) is 0 Å². The second-order valence-electron chi connectivity index (χ2n) is 6.70. The number of carbonyl (C=O) groups excluding carboxylic acids is 1. The molecule has 1 aromatic heterocycles. The molecule has 29 heavy (non-hydrogen) atoms. The number of nitrogens with zero attached hydrogens (tertiary/aromatic N) is 1. The molecule has 1 fully saturated rings. The SMILES string of the molecule is C#C[C@]1(CC)O[C@@H](n2ccc(=O)[nH]c2=S)[C@@H](OC(C)=O)C1OCc1ccccc1. The lowest BCUT2D eigenvalue weighted by Crippen LogP contribution is -2.45. The van der Waals surface area contributed by atoms with Gasteiger partial charge in [-0.1, -0.05) is 43.2 Å². The monoisotopic (exact) mass is 414 g/mol. The Hall–Kier alpha value is -2.73. The van der Waals surface area contributed by atoms with Gasteiger partial charge in [-0.3, -0.25) is 19.1 Å². The number of benzene rings is 1. The Balaban J connectivity index is 2.01. The fraction of sp³-hybridized carbons (Fsp3) is 0.381. The highest BCUT2D eigenvalue weighted by molar-refractivity contribution is 7.71. The zero-order valence-electron chi connectivity index (χ0n) is 16.2. The average molecular weight is 414 g/mol. The van der Waals surface area contributed by atoms with Gasteiger partial charge in [-0.05, 0) is 24.2 Å². The van der Waals surface area contributed by atoms with Crippen LogP contribution in [0.4, 0.5) is 0 Å². The number of H-pyrrole nitrogens is 1. The van der Waals surface area contributed by atoms with E-state index in [0.717, 1.165) is 5.56 Å². The smallest absolute Gasteiger partial charge is 0.303 e. The molecule has 1 aromatic carbocycles. The van der Waals surface area contributed by atoms with Gasteiger partial charge in [-0.25, -0.2) is 0 Å². The van der Waals surface area contributed by atoms with Gasteiger partial charge in [0.15, 0.2) is 22.7 Å². The summed E-state index contributed by atoms with van der Waals surface area (Å²) in [5.74, 6) is 2.19. The highest BCUT2D eigenvalue weighted by Gasteiger charge is 2.57. The van der Waals surface area contributed by atoms with E-state index >= 15 is 0 Å². The third kappa shape index (κ3) is 4.32. The Morgan fingerprint density at radius 3 is 2.69 bits per heavy atom. The summed E-state index contributed by atoms with van der Waals surface area (Å²) in [6, 6.07) is 10.9. The Bertz CT molecular complexity index is 1030. The molecule has 152 valence electrons. The summed E-state index contributed by atoms with van der Waals surface area (Å²) in [7, 11) is 0. The molecule has 0 spiro atoms. The molecular formula is C21H22N2O5S. The number of carbonyl (C=O) groups is 1. The zero-order valence-corrected chi connectivity index (χ0v) is 17.0. The molecule has 7 nitrogen and oxygen atoms in total. The van der Waals surface area contributed by atoms with Crippen molar-refractivity contribution in [3.8, 4) is 12.3 Å². The molecule has 1 saturated heterocycles. The summed E-state index contributed by atoms with van der Waals surface area (Å²) in [6.45, 7) is 3.44. The molecule has 2 heterocycles. The molecule has 1 unspecified atom stereocenters. The minimum Gasteiger partial charge on any atom is -0.455 e. The first-order valence-electron chi connectivity index (χ1n) is 9.20. The summed E-state index contributed by atoms with van der Waals surface area (Å²) < 4.78 is 19.6. The van der Waals surface area contributed by atoms with Crippen LogP contribution < -0.4 is 5.56 Å². The van der Waals surface area contributed by atoms with Crippen LogP contribution in [0, 0.1) is 17.1 Å². The minimum absolute atomic E-state index is 0.130. The van der Waals surface area contributed by atoms with Gasteiger partial charge in [-0.2, -0.15) is 0 Å². The lowest BCUT2D eigenvalue weighted by molar-refractivity contribution is -0.158. The lowest BCUT2D eigenvalue weighted by atomic mass is 9.93. The van der Waals surface area contributed by atoms with Crippen LogP contribution in [0.25, 0.3) is 0 Å². The number of hydrogen-bond acceptors (Lipinski definition) is 6. The molecule has 0 radical (unpaired) electrons. The molecule has 1 aliphatic heterocycles. The van der Waals surface area contributed by atoms with Crippen molar-refractivity contribution in [1.82, 2.24) is 9.55 Å². The van der Waals surface area contributed by atoms with Crippen LogP contribution in [0.2, 0.25) is 0 Å². The van der Waals surface area contributed by atoms with Crippen molar-refractivity contribution in [3.05, 3.63) is 63.3 Å². The molecule has 1 aliphatic rings. The van der Waals surface area contributed by atoms with Crippen molar-refractivity contribution >= 4 is 18.2 Å². The number of hydrogen-bond donors (Lipinski definition) is 1. The predicted octanol–water partition coefficient (Wildman–Crippen LogP) is 2.73. The van der Waals surface area contributed by atoms with E-state index in [1.165, 1.54) is 23.8 Å². The van der Waals surface area contributed by atoms with E-state index in [9.17, 15) is 9.59 Å². The number of esters is 1. The first-order valence-corrected chi connectivity index (χ1v) is 9.61. The van der Waals surface area contributed by atoms with Gasteiger partial charge in [0, 0.05) is 19.2 Å². The van der Waals surface area contributed by atoms with Gasteiger partial charge >= 0.3 is 5.97 Å². The van der Waals surface area contributed by atoms with Crippen molar-refractivity contribution in [2.75, 3.05) is 0 Å². The maximum atomic E-state index is 11.8. The number of rotatable bonds is 6. The van der Waals surface area contributed by atoms with Crippen molar-refractivity contribution in [2.45, 2.75) is 50.9 Å². The molecule has 0 amide bonds. The van der Waals surface area contributed by atoms with Gasteiger partial charge < -0.3 is 14.2 Å². The molecule has 3 rings (SSSR count). The lowest BCUT2D eigenvalue weighted by Gasteiger charge is -2.29. The van der Waals surface area contributed by atoms with Crippen LogP contribution >= 0.6 is 12.2 Å². The summed E-state index contributed by atoms with van der Waals surface area (Å²) in [4.78, 5) is 25.9.